The Bertz CT molecular complexity index is 573. The summed E-state index contributed by atoms with van der Waals surface area (Å²) < 4.78 is 14.2. The first-order valence-electron chi connectivity index (χ1n) is 5.47. The van der Waals surface area contributed by atoms with Crippen molar-refractivity contribution in [2.24, 2.45) is 0 Å². The number of hydrogen-bond acceptors (Lipinski definition) is 6. The highest BCUT2D eigenvalue weighted by Crippen LogP contribution is 2.29. The van der Waals surface area contributed by atoms with Crippen LogP contribution in [0.15, 0.2) is 29.6 Å². The van der Waals surface area contributed by atoms with Gasteiger partial charge in [0.2, 0.25) is 0 Å². The van der Waals surface area contributed by atoms with Gasteiger partial charge < -0.3 is 9.47 Å². The summed E-state index contributed by atoms with van der Waals surface area (Å²) >= 11 is 1.31. The van der Waals surface area contributed by atoms with Crippen LogP contribution in [0, 0.1) is 0 Å². The minimum absolute atomic E-state index is 0.314. The van der Waals surface area contributed by atoms with E-state index in [-0.39, 0.29) is 0 Å². The van der Waals surface area contributed by atoms with Gasteiger partial charge in [0.15, 0.2) is 0 Å². The molecule has 0 saturated heterocycles. The first kappa shape index (κ1) is 13.2. The zero-order chi connectivity index (χ0) is 13.8. The molecule has 0 aliphatic rings. The lowest BCUT2D eigenvalue weighted by molar-refractivity contribution is -0.132. The zero-order valence-corrected chi connectivity index (χ0v) is 11.2. The van der Waals surface area contributed by atoms with E-state index in [0.29, 0.717) is 11.5 Å². The Balaban J connectivity index is 2.42. The van der Waals surface area contributed by atoms with Gasteiger partial charge >= 0.3 is 11.9 Å². The topological polar surface area (TPSA) is 65.5 Å². The van der Waals surface area contributed by atoms with Gasteiger partial charge in [-0.05, 0) is 29.7 Å². The van der Waals surface area contributed by atoms with Crippen molar-refractivity contribution in [2.75, 3.05) is 0 Å². The summed E-state index contributed by atoms with van der Waals surface area (Å²) in [5.41, 5.74) is 1.45. The maximum Gasteiger partial charge on any atom is 0.308 e. The van der Waals surface area contributed by atoms with Gasteiger partial charge in [0.25, 0.3) is 0 Å². The summed E-state index contributed by atoms with van der Waals surface area (Å²) in [6.07, 6.45) is 0. The van der Waals surface area contributed by atoms with Crippen molar-refractivity contribution in [1.29, 1.82) is 0 Å². The lowest BCUT2D eigenvalue weighted by atomic mass is 10.1. The molecule has 0 spiro atoms. The Morgan fingerprint density at radius 2 is 1.63 bits per heavy atom. The van der Waals surface area contributed by atoms with Crippen LogP contribution in [-0.4, -0.2) is 16.3 Å². The minimum atomic E-state index is -0.441. The number of carbonyl (C=O) groups is 2. The maximum absolute atomic E-state index is 11.0. The third-order valence-electron chi connectivity index (χ3n) is 2.14. The largest absolute Gasteiger partial charge is 0.427 e. The highest BCUT2D eigenvalue weighted by atomic mass is 32.1. The van der Waals surface area contributed by atoms with E-state index in [0.717, 1.165) is 11.3 Å². The molecule has 5 nitrogen and oxygen atoms in total. The molecule has 0 aliphatic heterocycles. The van der Waals surface area contributed by atoms with Crippen molar-refractivity contribution in [2.45, 2.75) is 13.8 Å². The van der Waals surface area contributed by atoms with Crippen LogP contribution in [0.25, 0.3) is 11.3 Å². The van der Waals surface area contributed by atoms with Crippen LogP contribution in [-0.2, 0) is 9.59 Å². The van der Waals surface area contributed by atoms with Gasteiger partial charge in [-0.15, -0.1) is 0 Å². The molecule has 0 unspecified atom stereocenters. The molecule has 98 valence electrons. The number of benzene rings is 1. The molecule has 0 amide bonds. The predicted molar refractivity (Wildman–Crippen MR) is 70.2 cm³/mol. The molecule has 0 saturated carbocycles. The summed E-state index contributed by atoms with van der Waals surface area (Å²) in [6.45, 7) is 2.61. The predicted octanol–water partition coefficient (Wildman–Crippen LogP) is 2.66. The molecule has 6 heteroatoms. The molecule has 1 aromatic heterocycles. The Hall–Kier alpha value is -2.21. The summed E-state index contributed by atoms with van der Waals surface area (Å²) in [7, 11) is 0. The third kappa shape index (κ3) is 3.62. The van der Waals surface area contributed by atoms with Crippen molar-refractivity contribution < 1.29 is 19.1 Å². The number of aromatic nitrogens is 1. The third-order valence-corrected chi connectivity index (χ3v) is 2.70. The van der Waals surface area contributed by atoms with Gasteiger partial charge in [-0.3, -0.25) is 9.59 Å². The van der Waals surface area contributed by atoms with Crippen molar-refractivity contribution in [3.8, 4) is 22.8 Å². The van der Waals surface area contributed by atoms with E-state index in [1.165, 1.54) is 31.4 Å². The second-order valence-corrected chi connectivity index (χ2v) is 4.43. The first-order valence-corrected chi connectivity index (χ1v) is 6.31. The second-order valence-electron chi connectivity index (χ2n) is 3.77. The summed E-state index contributed by atoms with van der Waals surface area (Å²) in [4.78, 5) is 22.0. The van der Waals surface area contributed by atoms with Crippen LogP contribution >= 0.6 is 11.5 Å². The van der Waals surface area contributed by atoms with Gasteiger partial charge in [0.1, 0.15) is 11.5 Å². The normalized spacial score (nSPS) is 10.0. The van der Waals surface area contributed by atoms with Crippen LogP contribution in [0.4, 0.5) is 0 Å². The Kier molecular flexibility index (Phi) is 3.91. The van der Waals surface area contributed by atoms with Gasteiger partial charge in [0.05, 0.1) is 5.69 Å². The average molecular weight is 277 g/mol. The van der Waals surface area contributed by atoms with Gasteiger partial charge in [0, 0.05) is 30.9 Å². The van der Waals surface area contributed by atoms with E-state index >= 15 is 0 Å². The number of rotatable bonds is 3. The lowest BCUT2D eigenvalue weighted by Gasteiger charge is -2.07. The number of hydrogen-bond donors (Lipinski definition) is 0. The molecule has 1 heterocycles. The first-order chi connectivity index (χ1) is 9.04. The van der Waals surface area contributed by atoms with E-state index in [2.05, 4.69) is 4.37 Å². The van der Waals surface area contributed by atoms with Crippen LogP contribution in [0.3, 0.4) is 0 Å². The molecular weight excluding hydrogens is 266 g/mol. The van der Waals surface area contributed by atoms with Crippen LogP contribution in [0.2, 0.25) is 0 Å². The van der Waals surface area contributed by atoms with Crippen molar-refractivity contribution in [3.05, 3.63) is 29.6 Å². The molecule has 0 radical (unpaired) electrons. The summed E-state index contributed by atoms with van der Waals surface area (Å²) in [6, 6.07) is 6.65. The van der Waals surface area contributed by atoms with E-state index in [9.17, 15) is 9.59 Å². The molecule has 0 bridgehead atoms. The SMILES string of the molecule is CC(=O)Oc1cc(OC(C)=O)cc(-c2ccsn2)c1. The van der Waals surface area contributed by atoms with E-state index < -0.39 is 11.9 Å². The number of esters is 2. The molecule has 0 aliphatic carbocycles. The molecule has 19 heavy (non-hydrogen) atoms. The summed E-state index contributed by atoms with van der Waals surface area (Å²) in [5.74, 6) is -0.253. The van der Waals surface area contributed by atoms with E-state index in [1.807, 2.05) is 11.4 Å². The quantitative estimate of drug-likeness (QED) is 0.637. The fraction of sp³-hybridized carbons (Fsp3) is 0.154. The van der Waals surface area contributed by atoms with Crippen LogP contribution < -0.4 is 9.47 Å². The molecule has 2 rings (SSSR count). The second kappa shape index (κ2) is 5.62. The van der Waals surface area contributed by atoms with E-state index in [1.54, 1.807) is 12.1 Å². The monoisotopic (exact) mass is 277 g/mol. The number of carbonyl (C=O) groups excluding carboxylic acids is 2. The summed E-state index contributed by atoms with van der Waals surface area (Å²) in [5, 5.41) is 1.83. The highest BCUT2D eigenvalue weighted by Gasteiger charge is 2.09. The molecule has 0 fully saturated rings. The average Bonchev–Trinajstić information content (AvgIpc) is 2.79. The Labute approximate surface area is 113 Å². The molecule has 0 atom stereocenters. The van der Waals surface area contributed by atoms with Gasteiger partial charge in [-0.1, -0.05) is 0 Å². The van der Waals surface area contributed by atoms with Crippen molar-refractivity contribution in [1.82, 2.24) is 4.37 Å². The van der Waals surface area contributed by atoms with Crippen molar-refractivity contribution >= 4 is 23.5 Å². The maximum atomic E-state index is 11.0. The van der Waals surface area contributed by atoms with Gasteiger partial charge in [-0.25, -0.2) is 0 Å². The zero-order valence-electron chi connectivity index (χ0n) is 10.4. The fourth-order valence-electron chi connectivity index (χ4n) is 1.53. The lowest BCUT2D eigenvalue weighted by Crippen LogP contribution is -2.04. The fourth-order valence-corrected chi connectivity index (χ4v) is 2.06. The molecule has 1 aromatic carbocycles. The van der Waals surface area contributed by atoms with Crippen molar-refractivity contribution in [3.63, 3.8) is 0 Å². The molecular formula is C13H11NO4S. The molecule has 0 N–H and O–H groups in total. The van der Waals surface area contributed by atoms with Crippen LogP contribution in [0.1, 0.15) is 13.8 Å². The molecule has 2 aromatic rings. The highest BCUT2D eigenvalue weighted by molar-refractivity contribution is 7.03. The minimum Gasteiger partial charge on any atom is -0.427 e. The number of ether oxygens (including phenoxy) is 2. The smallest absolute Gasteiger partial charge is 0.308 e. The standard InChI is InChI=1S/C13H11NO4S/c1-8(15)17-11-5-10(13-3-4-19-14-13)6-12(7-11)18-9(2)16/h3-7H,1-2H3. The van der Waals surface area contributed by atoms with Crippen LogP contribution in [0.5, 0.6) is 11.5 Å². The number of nitrogens with zero attached hydrogens (tertiary/aromatic N) is 1. The van der Waals surface area contributed by atoms with Gasteiger partial charge in [-0.2, -0.15) is 4.37 Å². The van der Waals surface area contributed by atoms with E-state index in [4.69, 9.17) is 9.47 Å². The Morgan fingerprint density at radius 1 is 1.05 bits per heavy atom. The Morgan fingerprint density at radius 3 is 2.05 bits per heavy atom.